The number of likely N-dealkylation sites (tertiary alicyclic amines) is 2. The van der Waals surface area contributed by atoms with E-state index in [1.54, 1.807) is 0 Å². The van der Waals surface area contributed by atoms with Crippen molar-refractivity contribution in [3.05, 3.63) is 0 Å². The molecule has 0 aromatic heterocycles. The number of nitrogens with zero attached hydrogens (tertiary/aromatic N) is 3. The molecule has 0 aromatic rings. The van der Waals surface area contributed by atoms with Crippen LogP contribution in [0.25, 0.3) is 0 Å². The molecule has 1 N–H and O–H groups in total. The first-order valence-electron chi connectivity index (χ1n) is 10.5. The highest BCUT2D eigenvalue weighted by Gasteiger charge is 2.27. The second-order valence-corrected chi connectivity index (χ2v) is 8.23. The summed E-state index contributed by atoms with van der Waals surface area (Å²) in [5, 5.41) is 3.61. The monoisotopic (exact) mass is 462 g/mol. The summed E-state index contributed by atoms with van der Waals surface area (Å²) >= 11 is 0. The maximum absolute atomic E-state index is 4.53. The van der Waals surface area contributed by atoms with Gasteiger partial charge in [-0.15, -0.1) is 24.0 Å². The highest BCUT2D eigenvalue weighted by molar-refractivity contribution is 14.0. The third-order valence-electron chi connectivity index (χ3n) is 6.31. The summed E-state index contributed by atoms with van der Waals surface area (Å²) in [5.74, 6) is 3.01. The second kappa shape index (κ2) is 11.6. The first-order chi connectivity index (χ1) is 11.8. The van der Waals surface area contributed by atoms with Crippen molar-refractivity contribution in [2.24, 2.45) is 16.8 Å². The lowest BCUT2D eigenvalue weighted by Gasteiger charge is -2.23. The Bertz CT molecular complexity index is 389. The zero-order valence-electron chi connectivity index (χ0n) is 16.2. The first-order valence-corrected chi connectivity index (χ1v) is 10.5. The summed E-state index contributed by atoms with van der Waals surface area (Å²) in [7, 11) is 1.94. The quantitative estimate of drug-likeness (QED) is 0.269. The summed E-state index contributed by atoms with van der Waals surface area (Å²) in [6, 6.07) is 0. The van der Waals surface area contributed by atoms with Crippen LogP contribution in [0.3, 0.4) is 0 Å². The van der Waals surface area contributed by atoms with Crippen molar-refractivity contribution < 1.29 is 0 Å². The normalized spacial score (nSPS) is 25.6. The van der Waals surface area contributed by atoms with Crippen LogP contribution >= 0.6 is 24.0 Å². The van der Waals surface area contributed by atoms with Crippen LogP contribution in [0.15, 0.2) is 4.99 Å². The van der Waals surface area contributed by atoms with E-state index in [9.17, 15) is 0 Å². The first kappa shape index (κ1) is 21.3. The number of nitrogens with one attached hydrogen (secondary N) is 1. The van der Waals surface area contributed by atoms with E-state index in [4.69, 9.17) is 0 Å². The molecule has 2 aliphatic heterocycles. The largest absolute Gasteiger partial charge is 0.356 e. The van der Waals surface area contributed by atoms with Crippen LogP contribution < -0.4 is 5.32 Å². The van der Waals surface area contributed by atoms with E-state index < -0.39 is 0 Å². The highest BCUT2D eigenvalue weighted by Crippen LogP contribution is 2.28. The molecule has 3 aliphatic rings. The van der Waals surface area contributed by atoms with Gasteiger partial charge in [0.25, 0.3) is 0 Å². The molecule has 1 aliphatic carbocycles. The summed E-state index contributed by atoms with van der Waals surface area (Å²) < 4.78 is 0. The number of unbranched alkanes of at least 4 members (excludes halogenated alkanes) is 1. The van der Waals surface area contributed by atoms with Crippen molar-refractivity contribution in [2.45, 2.75) is 64.2 Å². The molecule has 3 rings (SSSR count). The molecule has 0 amide bonds. The van der Waals surface area contributed by atoms with Crippen LogP contribution in [0.4, 0.5) is 0 Å². The van der Waals surface area contributed by atoms with Crippen LogP contribution in [0.5, 0.6) is 0 Å². The highest BCUT2D eigenvalue weighted by atomic mass is 127. The molecule has 2 saturated heterocycles. The Balaban J connectivity index is 0.00000225. The van der Waals surface area contributed by atoms with Gasteiger partial charge in [-0.05, 0) is 50.6 Å². The predicted molar refractivity (Wildman–Crippen MR) is 118 cm³/mol. The van der Waals surface area contributed by atoms with Gasteiger partial charge < -0.3 is 15.1 Å². The third kappa shape index (κ3) is 6.89. The van der Waals surface area contributed by atoms with Crippen molar-refractivity contribution in [2.75, 3.05) is 46.3 Å². The van der Waals surface area contributed by atoms with Gasteiger partial charge in [-0.3, -0.25) is 4.99 Å². The fourth-order valence-electron chi connectivity index (χ4n) is 4.89. The lowest BCUT2D eigenvalue weighted by Crippen LogP contribution is -2.41. The van der Waals surface area contributed by atoms with Crippen molar-refractivity contribution in [3.63, 3.8) is 0 Å². The second-order valence-electron chi connectivity index (χ2n) is 8.23. The summed E-state index contributed by atoms with van der Waals surface area (Å²) in [6.45, 7) is 7.41. The minimum Gasteiger partial charge on any atom is -0.356 e. The van der Waals surface area contributed by atoms with Crippen molar-refractivity contribution in [3.8, 4) is 0 Å². The summed E-state index contributed by atoms with van der Waals surface area (Å²) in [6.07, 6.45) is 14.2. The van der Waals surface area contributed by atoms with Crippen LogP contribution in [0.2, 0.25) is 0 Å². The number of halogens is 1. The third-order valence-corrected chi connectivity index (χ3v) is 6.31. The van der Waals surface area contributed by atoms with E-state index in [0.717, 1.165) is 24.3 Å². The van der Waals surface area contributed by atoms with Gasteiger partial charge in [0, 0.05) is 33.2 Å². The molecule has 146 valence electrons. The molecule has 5 heteroatoms. The zero-order valence-corrected chi connectivity index (χ0v) is 18.5. The zero-order chi connectivity index (χ0) is 16.6. The van der Waals surface area contributed by atoms with Gasteiger partial charge in [0.2, 0.25) is 0 Å². The average molecular weight is 462 g/mol. The predicted octanol–water partition coefficient (Wildman–Crippen LogP) is 3.96. The van der Waals surface area contributed by atoms with Gasteiger partial charge in [0.05, 0.1) is 0 Å². The number of aliphatic imine (C=N–C) groups is 1. The fraction of sp³-hybridized carbons (Fsp3) is 0.950. The van der Waals surface area contributed by atoms with E-state index in [1.807, 2.05) is 7.05 Å². The maximum atomic E-state index is 4.53. The SMILES string of the molecule is CN=C(NCCCCC1CCCC1)N1CCC(CN2CCCC2)C1.I. The topological polar surface area (TPSA) is 30.9 Å². The molecule has 0 radical (unpaired) electrons. The van der Waals surface area contributed by atoms with Gasteiger partial charge in [-0.1, -0.05) is 38.5 Å². The van der Waals surface area contributed by atoms with Gasteiger partial charge in [-0.25, -0.2) is 0 Å². The molecular formula is C20H39IN4. The van der Waals surface area contributed by atoms with E-state index >= 15 is 0 Å². The lowest BCUT2D eigenvalue weighted by molar-refractivity contribution is 0.281. The van der Waals surface area contributed by atoms with Gasteiger partial charge in [0.1, 0.15) is 0 Å². The average Bonchev–Trinajstić information content (AvgIpc) is 3.34. The molecule has 0 spiro atoms. The molecule has 4 nitrogen and oxygen atoms in total. The minimum absolute atomic E-state index is 0. The summed E-state index contributed by atoms with van der Waals surface area (Å²) in [4.78, 5) is 9.67. The van der Waals surface area contributed by atoms with E-state index in [-0.39, 0.29) is 24.0 Å². The Morgan fingerprint density at radius 2 is 1.72 bits per heavy atom. The van der Waals surface area contributed by atoms with E-state index in [2.05, 4.69) is 20.1 Å². The fourth-order valence-corrected chi connectivity index (χ4v) is 4.89. The molecule has 1 atom stereocenters. The molecule has 0 bridgehead atoms. The molecule has 1 unspecified atom stereocenters. The van der Waals surface area contributed by atoms with Crippen LogP contribution in [0, 0.1) is 11.8 Å². The Labute approximate surface area is 172 Å². The molecule has 1 saturated carbocycles. The van der Waals surface area contributed by atoms with Crippen LogP contribution in [-0.2, 0) is 0 Å². The lowest BCUT2D eigenvalue weighted by atomic mass is 10.0. The minimum atomic E-state index is 0. The van der Waals surface area contributed by atoms with Gasteiger partial charge >= 0.3 is 0 Å². The molecular weight excluding hydrogens is 423 g/mol. The number of rotatable bonds is 7. The molecule has 0 aromatic carbocycles. The standard InChI is InChI=1S/C20H38N4.HI/c1-21-20(22-12-5-4-10-18-8-2-3-9-18)24-15-11-19(17-24)16-23-13-6-7-14-23;/h18-19H,2-17H2,1H3,(H,21,22);1H. The van der Waals surface area contributed by atoms with Gasteiger partial charge in [-0.2, -0.15) is 0 Å². The Morgan fingerprint density at radius 1 is 0.960 bits per heavy atom. The number of hydrogen-bond donors (Lipinski definition) is 1. The molecule has 3 fully saturated rings. The van der Waals surface area contributed by atoms with Crippen molar-refractivity contribution in [1.82, 2.24) is 15.1 Å². The number of guanidine groups is 1. The van der Waals surface area contributed by atoms with Crippen LogP contribution in [-0.4, -0.2) is 62.1 Å². The Hall–Kier alpha value is -0.0400. The molecule has 2 heterocycles. The maximum Gasteiger partial charge on any atom is 0.193 e. The van der Waals surface area contributed by atoms with Gasteiger partial charge in [0.15, 0.2) is 5.96 Å². The van der Waals surface area contributed by atoms with Crippen molar-refractivity contribution >= 4 is 29.9 Å². The Kier molecular flexibility index (Phi) is 9.89. The Morgan fingerprint density at radius 3 is 2.44 bits per heavy atom. The smallest absolute Gasteiger partial charge is 0.193 e. The molecule has 25 heavy (non-hydrogen) atoms. The van der Waals surface area contributed by atoms with Crippen LogP contribution in [0.1, 0.15) is 64.2 Å². The van der Waals surface area contributed by atoms with E-state index in [1.165, 1.54) is 96.9 Å². The number of hydrogen-bond acceptors (Lipinski definition) is 2. The van der Waals surface area contributed by atoms with Crippen molar-refractivity contribution in [1.29, 1.82) is 0 Å². The van der Waals surface area contributed by atoms with E-state index in [0.29, 0.717) is 0 Å². The summed E-state index contributed by atoms with van der Waals surface area (Å²) in [5.41, 5.74) is 0.